The summed E-state index contributed by atoms with van der Waals surface area (Å²) in [4.78, 5) is 30.6. The van der Waals surface area contributed by atoms with Crippen LogP contribution in [-0.2, 0) is 16.1 Å². The van der Waals surface area contributed by atoms with Gasteiger partial charge in [-0.1, -0.05) is 0 Å². The van der Waals surface area contributed by atoms with E-state index in [1.165, 1.54) is 12.1 Å². The van der Waals surface area contributed by atoms with Crippen molar-refractivity contribution in [1.82, 2.24) is 20.0 Å². The molecule has 0 radical (unpaired) electrons. The van der Waals surface area contributed by atoms with Gasteiger partial charge in [-0.2, -0.15) is 0 Å². The Labute approximate surface area is 151 Å². The first kappa shape index (κ1) is 18.7. The van der Waals surface area contributed by atoms with Crippen molar-refractivity contribution >= 4 is 11.8 Å². The number of amides is 2. The van der Waals surface area contributed by atoms with Gasteiger partial charge in [-0.05, 0) is 24.7 Å². The number of nitrogens with zero attached hydrogens (tertiary/aromatic N) is 3. The van der Waals surface area contributed by atoms with Gasteiger partial charge in [0.25, 0.3) is 0 Å². The van der Waals surface area contributed by atoms with Crippen LogP contribution in [0.1, 0.15) is 12.0 Å². The van der Waals surface area contributed by atoms with Gasteiger partial charge in [-0.25, -0.2) is 8.78 Å². The van der Waals surface area contributed by atoms with E-state index in [0.29, 0.717) is 31.7 Å². The highest BCUT2D eigenvalue weighted by atomic mass is 19.1. The molecule has 2 aliphatic rings. The second-order valence-electron chi connectivity index (χ2n) is 6.93. The average molecular weight is 366 g/mol. The quantitative estimate of drug-likeness (QED) is 0.840. The molecule has 2 heterocycles. The molecule has 1 N–H and O–H groups in total. The summed E-state index contributed by atoms with van der Waals surface area (Å²) in [7, 11) is 2.02. The van der Waals surface area contributed by atoms with E-state index in [1.54, 1.807) is 9.80 Å². The van der Waals surface area contributed by atoms with Crippen LogP contribution in [0.3, 0.4) is 0 Å². The van der Waals surface area contributed by atoms with Gasteiger partial charge in [0.1, 0.15) is 11.6 Å². The smallest absolute Gasteiger partial charge is 0.240 e. The molecule has 26 heavy (non-hydrogen) atoms. The van der Waals surface area contributed by atoms with E-state index in [9.17, 15) is 18.4 Å². The van der Waals surface area contributed by atoms with Gasteiger partial charge in [0.15, 0.2) is 0 Å². The molecule has 0 aliphatic carbocycles. The van der Waals surface area contributed by atoms with Crippen molar-refractivity contribution in [3.05, 3.63) is 35.4 Å². The molecular formula is C18H24F2N4O2. The van der Waals surface area contributed by atoms with Gasteiger partial charge in [0.2, 0.25) is 11.8 Å². The predicted octanol–water partition coefficient (Wildman–Crippen LogP) is 0.429. The SMILES string of the molecule is CN1CCN(C(=O)CC2NCCN(Cc3cc(F)cc(F)c3)C2=O)CC1. The lowest BCUT2D eigenvalue weighted by atomic mass is 10.1. The Balaban J connectivity index is 1.59. The Bertz CT molecular complexity index is 657. The monoisotopic (exact) mass is 366 g/mol. The summed E-state index contributed by atoms with van der Waals surface area (Å²) in [6.07, 6.45) is 0.108. The summed E-state index contributed by atoms with van der Waals surface area (Å²) in [6.45, 7) is 4.11. The van der Waals surface area contributed by atoms with Gasteiger partial charge >= 0.3 is 0 Å². The molecule has 6 nitrogen and oxygen atoms in total. The highest BCUT2D eigenvalue weighted by molar-refractivity contribution is 5.89. The van der Waals surface area contributed by atoms with Gasteiger partial charge < -0.3 is 20.0 Å². The molecule has 3 rings (SSSR count). The largest absolute Gasteiger partial charge is 0.340 e. The molecule has 8 heteroatoms. The van der Waals surface area contributed by atoms with Crippen molar-refractivity contribution < 1.29 is 18.4 Å². The van der Waals surface area contributed by atoms with Crippen LogP contribution in [0.15, 0.2) is 18.2 Å². The van der Waals surface area contributed by atoms with Crippen molar-refractivity contribution in [2.75, 3.05) is 46.3 Å². The number of rotatable bonds is 4. The Morgan fingerprint density at radius 3 is 2.42 bits per heavy atom. The number of carbonyl (C=O) groups is 2. The molecule has 2 aliphatic heterocycles. The maximum Gasteiger partial charge on any atom is 0.240 e. The Hall–Kier alpha value is -2.06. The third-order valence-electron chi connectivity index (χ3n) is 4.91. The van der Waals surface area contributed by atoms with E-state index in [-0.39, 0.29) is 24.8 Å². The summed E-state index contributed by atoms with van der Waals surface area (Å²) in [5, 5.41) is 3.09. The van der Waals surface area contributed by atoms with Gasteiger partial charge in [0.05, 0.1) is 12.5 Å². The van der Waals surface area contributed by atoms with E-state index in [1.807, 2.05) is 7.05 Å². The molecule has 1 aromatic carbocycles. The summed E-state index contributed by atoms with van der Waals surface area (Å²) in [6, 6.07) is 2.67. The Kier molecular flexibility index (Phi) is 5.83. The highest BCUT2D eigenvalue weighted by Crippen LogP contribution is 2.15. The van der Waals surface area contributed by atoms with Gasteiger partial charge in [-0.3, -0.25) is 9.59 Å². The summed E-state index contributed by atoms with van der Waals surface area (Å²) in [5.74, 6) is -1.57. The Morgan fingerprint density at radius 1 is 1.12 bits per heavy atom. The average Bonchev–Trinajstić information content (AvgIpc) is 2.58. The zero-order valence-corrected chi connectivity index (χ0v) is 14.9. The fraction of sp³-hybridized carbons (Fsp3) is 0.556. The highest BCUT2D eigenvalue weighted by Gasteiger charge is 2.32. The fourth-order valence-electron chi connectivity index (χ4n) is 3.39. The normalized spacial score (nSPS) is 22.0. The first-order chi connectivity index (χ1) is 12.4. The molecular weight excluding hydrogens is 342 g/mol. The van der Waals surface area contributed by atoms with Crippen LogP contribution < -0.4 is 5.32 Å². The number of hydrogen-bond donors (Lipinski definition) is 1. The third kappa shape index (κ3) is 4.56. The molecule has 2 fully saturated rings. The zero-order chi connectivity index (χ0) is 18.7. The minimum atomic E-state index is -0.663. The number of piperazine rings is 2. The second kappa shape index (κ2) is 8.09. The van der Waals surface area contributed by atoms with Crippen LogP contribution in [0.2, 0.25) is 0 Å². The van der Waals surface area contributed by atoms with Crippen molar-refractivity contribution in [3.63, 3.8) is 0 Å². The maximum atomic E-state index is 13.4. The predicted molar refractivity (Wildman–Crippen MR) is 92.3 cm³/mol. The molecule has 2 amide bonds. The maximum absolute atomic E-state index is 13.4. The number of carbonyl (C=O) groups excluding carboxylic acids is 2. The standard InChI is InChI=1S/C18H24F2N4O2/c1-22-4-6-23(7-5-22)17(25)11-16-18(26)24(3-2-21-16)12-13-8-14(19)10-15(20)9-13/h8-10,16,21H,2-7,11-12H2,1H3. The van der Waals surface area contributed by atoms with E-state index < -0.39 is 17.7 Å². The van der Waals surface area contributed by atoms with Gasteiger partial charge in [0, 0.05) is 51.9 Å². The molecule has 1 unspecified atom stereocenters. The molecule has 2 saturated heterocycles. The lowest BCUT2D eigenvalue weighted by Crippen LogP contribution is -2.57. The number of likely N-dealkylation sites (N-methyl/N-ethyl adjacent to an activating group) is 1. The molecule has 0 spiro atoms. The van der Waals surface area contributed by atoms with E-state index in [4.69, 9.17) is 0 Å². The topological polar surface area (TPSA) is 55.9 Å². The van der Waals surface area contributed by atoms with Crippen LogP contribution in [-0.4, -0.2) is 78.9 Å². The van der Waals surface area contributed by atoms with Crippen molar-refractivity contribution in [3.8, 4) is 0 Å². The molecule has 1 aromatic rings. The molecule has 0 bridgehead atoms. The molecule has 1 atom stereocenters. The molecule has 142 valence electrons. The van der Waals surface area contributed by atoms with E-state index in [0.717, 1.165) is 19.2 Å². The number of halogens is 2. The third-order valence-corrected chi connectivity index (χ3v) is 4.91. The first-order valence-corrected chi connectivity index (χ1v) is 8.86. The lowest BCUT2D eigenvalue weighted by molar-refractivity contribution is -0.142. The van der Waals surface area contributed by atoms with Crippen molar-refractivity contribution in [2.24, 2.45) is 0 Å². The number of benzene rings is 1. The second-order valence-corrected chi connectivity index (χ2v) is 6.93. The van der Waals surface area contributed by atoms with Crippen LogP contribution in [0.5, 0.6) is 0 Å². The summed E-state index contributed by atoms with van der Waals surface area (Å²) < 4.78 is 26.7. The van der Waals surface area contributed by atoms with Crippen LogP contribution in [0.4, 0.5) is 8.78 Å². The fourth-order valence-corrected chi connectivity index (χ4v) is 3.39. The van der Waals surface area contributed by atoms with Crippen molar-refractivity contribution in [1.29, 1.82) is 0 Å². The zero-order valence-electron chi connectivity index (χ0n) is 14.9. The minimum Gasteiger partial charge on any atom is -0.340 e. The van der Waals surface area contributed by atoms with Crippen LogP contribution >= 0.6 is 0 Å². The van der Waals surface area contributed by atoms with Gasteiger partial charge in [-0.15, -0.1) is 0 Å². The van der Waals surface area contributed by atoms with Crippen LogP contribution in [0, 0.1) is 11.6 Å². The van der Waals surface area contributed by atoms with E-state index in [2.05, 4.69) is 10.2 Å². The van der Waals surface area contributed by atoms with Crippen LogP contribution in [0.25, 0.3) is 0 Å². The minimum absolute atomic E-state index is 0.0393. The summed E-state index contributed by atoms with van der Waals surface area (Å²) in [5.41, 5.74) is 0.405. The first-order valence-electron chi connectivity index (χ1n) is 8.86. The number of hydrogen-bond acceptors (Lipinski definition) is 4. The molecule has 0 aromatic heterocycles. The van der Waals surface area contributed by atoms with E-state index >= 15 is 0 Å². The number of nitrogens with one attached hydrogen (secondary N) is 1. The Morgan fingerprint density at radius 2 is 1.77 bits per heavy atom. The molecule has 0 saturated carbocycles. The van der Waals surface area contributed by atoms with Crippen molar-refractivity contribution in [2.45, 2.75) is 19.0 Å². The lowest BCUT2D eigenvalue weighted by Gasteiger charge is -2.36. The summed E-state index contributed by atoms with van der Waals surface area (Å²) >= 11 is 0.